The lowest BCUT2D eigenvalue weighted by Crippen LogP contribution is -2.28. The zero-order valence-electron chi connectivity index (χ0n) is 13.3. The third-order valence-corrected chi connectivity index (χ3v) is 2.92. The summed E-state index contributed by atoms with van der Waals surface area (Å²) in [6, 6.07) is 4.72. The third-order valence-electron chi connectivity index (χ3n) is 2.92. The molecule has 0 saturated carbocycles. The Morgan fingerprint density at radius 1 is 1.09 bits per heavy atom. The van der Waals surface area contributed by atoms with Crippen molar-refractivity contribution in [2.75, 3.05) is 6.54 Å². The average molecular weight is 307 g/mol. The van der Waals surface area contributed by atoms with Crippen molar-refractivity contribution in [3.05, 3.63) is 23.8 Å². The van der Waals surface area contributed by atoms with Gasteiger partial charge in [0.2, 0.25) is 5.91 Å². The highest BCUT2D eigenvalue weighted by molar-refractivity contribution is 5.83. The molecular weight excluding hydrogens is 286 g/mol. The highest BCUT2D eigenvalue weighted by Crippen LogP contribution is 2.31. The zero-order valence-corrected chi connectivity index (χ0v) is 13.3. The van der Waals surface area contributed by atoms with Gasteiger partial charge in [0.25, 0.3) is 0 Å². The first-order chi connectivity index (χ1) is 10.3. The maximum absolute atomic E-state index is 12.0. The first-order valence-corrected chi connectivity index (χ1v) is 7.13. The Kier molecular flexibility index (Phi) is 6.56. The molecule has 0 aromatic heterocycles. The molecule has 0 saturated heterocycles. The summed E-state index contributed by atoms with van der Waals surface area (Å²) in [5.74, 6) is -1.31. The second kappa shape index (κ2) is 8.17. The second-order valence-electron chi connectivity index (χ2n) is 4.91. The number of carbonyl (C=O) groups is 3. The summed E-state index contributed by atoms with van der Waals surface area (Å²) in [6.45, 7) is 6.83. The fourth-order valence-electron chi connectivity index (χ4n) is 1.82. The van der Waals surface area contributed by atoms with Gasteiger partial charge in [-0.05, 0) is 31.0 Å². The number of hydrogen-bond donors (Lipinski definition) is 1. The van der Waals surface area contributed by atoms with Crippen molar-refractivity contribution in [1.82, 2.24) is 5.32 Å². The van der Waals surface area contributed by atoms with Gasteiger partial charge in [-0.1, -0.05) is 13.0 Å². The lowest BCUT2D eigenvalue weighted by atomic mass is 9.99. The molecule has 1 unspecified atom stereocenters. The Hall–Kier alpha value is -2.37. The summed E-state index contributed by atoms with van der Waals surface area (Å²) in [5.41, 5.74) is 0.667. The van der Waals surface area contributed by atoms with Gasteiger partial charge >= 0.3 is 11.9 Å². The number of benzene rings is 1. The number of amides is 1. The van der Waals surface area contributed by atoms with E-state index in [9.17, 15) is 14.4 Å². The minimum atomic E-state index is -0.534. The molecule has 0 aliphatic carbocycles. The van der Waals surface area contributed by atoms with Gasteiger partial charge < -0.3 is 14.8 Å². The molecule has 0 fully saturated rings. The summed E-state index contributed by atoms with van der Waals surface area (Å²) in [4.78, 5) is 34.2. The Balaban J connectivity index is 3.04. The maximum atomic E-state index is 12.0. The van der Waals surface area contributed by atoms with E-state index in [4.69, 9.17) is 9.47 Å². The van der Waals surface area contributed by atoms with Crippen LogP contribution in [0.3, 0.4) is 0 Å². The topological polar surface area (TPSA) is 81.7 Å². The van der Waals surface area contributed by atoms with E-state index < -0.39 is 17.9 Å². The first-order valence-electron chi connectivity index (χ1n) is 7.13. The first kappa shape index (κ1) is 17.7. The van der Waals surface area contributed by atoms with Crippen LogP contribution in [0.5, 0.6) is 11.5 Å². The molecule has 0 radical (unpaired) electrons. The second-order valence-corrected chi connectivity index (χ2v) is 4.91. The lowest BCUT2D eigenvalue weighted by Gasteiger charge is -2.15. The normalized spacial score (nSPS) is 11.5. The predicted molar refractivity (Wildman–Crippen MR) is 80.8 cm³/mol. The number of esters is 2. The smallest absolute Gasteiger partial charge is 0.308 e. The van der Waals surface area contributed by atoms with Gasteiger partial charge in [-0.3, -0.25) is 14.4 Å². The van der Waals surface area contributed by atoms with E-state index in [-0.39, 0.29) is 17.4 Å². The maximum Gasteiger partial charge on any atom is 0.308 e. The summed E-state index contributed by atoms with van der Waals surface area (Å²) in [5, 5.41) is 2.81. The largest absolute Gasteiger partial charge is 0.423 e. The molecule has 0 bridgehead atoms. The van der Waals surface area contributed by atoms with Crippen LogP contribution in [0, 0.1) is 0 Å². The zero-order chi connectivity index (χ0) is 16.7. The van der Waals surface area contributed by atoms with Crippen LogP contribution in [0.4, 0.5) is 0 Å². The summed E-state index contributed by atoms with van der Waals surface area (Å²) in [6.07, 6.45) is 0.850. The van der Waals surface area contributed by atoms with E-state index in [1.807, 2.05) is 6.92 Å². The molecule has 1 N–H and O–H groups in total. The van der Waals surface area contributed by atoms with Crippen LogP contribution in [0.25, 0.3) is 0 Å². The van der Waals surface area contributed by atoms with Crippen molar-refractivity contribution in [2.24, 2.45) is 0 Å². The monoisotopic (exact) mass is 307 g/mol. The number of ether oxygens (including phenoxy) is 2. The van der Waals surface area contributed by atoms with Crippen LogP contribution in [0.1, 0.15) is 45.6 Å². The fraction of sp³-hybridized carbons (Fsp3) is 0.438. The van der Waals surface area contributed by atoms with Crippen molar-refractivity contribution in [3.63, 3.8) is 0 Å². The highest BCUT2D eigenvalue weighted by atomic mass is 16.6. The third kappa shape index (κ3) is 5.20. The minimum Gasteiger partial charge on any atom is -0.423 e. The molecule has 6 heteroatoms. The number of rotatable bonds is 6. The molecule has 120 valence electrons. The van der Waals surface area contributed by atoms with Gasteiger partial charge in [-0.25, -0.2) is 0 Å². The summed E-state index contributed by atoms with van der Waals surface area (Å²) < 4.78 is 10.0. The minimum absolute atomic E-state index is 0.115. The SMILES string of the molecule is CCCNC(=O)C(C)c1ccc(OC(C)=O)c(OC(C)=O)c1. The van der Waals surface area contributed by atoms with E-state index in [2.05, 4.69) is 5.32 Å². The Morgan fingerprint density at radius 2 is 1.68 bits per heavy atom. The molecule has 0 heterocycles. The molecule has 0 spiro atoms. The predicted octanol–water partition coefficient (Wildman–Crippen LogP) is 2.17. The van der Waals surface area contributed by atoms with Crippen LogP contribution in [-0.4, -0.2) is 24.4 Å². The van der Waals surface area contributed by atoms with Crippen LogP contribution < -0.4 is 14.8 Å². The standard InChI is InChI=1S/C16H21NO5/c1-5-8-17-16(20)10(2)13-6-7-14(21-11(3)18)15(9-13)22-12(4)19/h6-7,9-10H,5,8H2,1-4H3,(H,17,20). The molecule has 1 atom stereocenters. The molecule has 0 aliphatic heterocycles. The quantitative estimate of drug-likeness (QED) is 0.643. The molecular formula is C16H21NO5. The van der Waals surface area contributed by atoms with Gasteiger partial charge in [0.15, 0.2) is 11.5 Å². The number of carbonyl (C=O) groups excluding carboxylic acids is 3. The summed E-state index contributed by atoms with van der Waals surface area (Å²) in [7, 11) is 0. The van der Waals surface area contributed by atoms with Gasteiger partial charge in [-0.15, -0.1) is 0 Å². The van der Waals surface area contributed by atoms with E-state index in [0.29, 0.717) is 12.1 Å². The molecule has 0 aliphatic rings. The van der Waals surface area contributed by atoms with Gasteiger partial charge in [0, 0.05) is 20.4 Å². The highest BCUT2D eigenvalue weighted by Gasteiger charge is 2.18. The molecule has 1 aromatic rings. The van der Waals surface area contributed by atoms with E-state index in [0.717, 1.165) is 6.42 Å². The molecule has 22 heavy (non-hydrogen) atoms. The van der Waals surface area contributed by atoms with Crippen LogP contribution >= 0.6 is 0 Å². The fourth-order valence-corrected chi connectivity index (χ4v) is 1.82. The van der Waals surface area contributed by atoms with Gasteiger partial charge in [0.1, 0.15) is 0 Å². The van der Waals surface area contributed by atoms with E-state index >= 15 is 0 Å². The van der Waals surface area contributed by atoms with Crippen molar-refractivity contribution in [3.8, 4) is 11.5 Å². The van der Waals surface area contributed by atoms with Crippen molar-refractivity contribution >= 4 is 17.8 Å². The van der Waals surface area contributed by atoms with E-state index in [1.165, 1.54) is 26.0 Å². The average Bonchev–Trinajstić information content (AvgIpc) is 2.44. The van der Waals surface area contributed by atoms with Gasteiger partial charge in [0.05, 0.1) is 5.92 Å². The van der Waals surface area contributed by atoms with Crippen LogP contribution in [0.15, 0.2) is 18.2 Å². The number of nitrogens with one attached hydrogen (secondary N) is 1. The van der Waals surface area contributed by atoms with Crippen molar-refractivity contribution in [1.29, 1.82) is 0 Å². The number of hydrogen-bond acceptors (Lipinski definition) is 5. The van der Waals surface area contributed by atoms with Crippen molar-refractivity contribution in [2.45, 2.75) is 40.0 Å². The summed E-state index contributed by atoms with van der Waals surface area (Å²) >= 11 is 0. The molecule has 6 nitrogen and oxygen atoms in total. The van der Waals surface area contributed by atoms with Crippen LogP contribution in [-0.2, 0) is 14.4 Å². The Morgan fingerprint density at radius 3 is 2.23 bits per heavy atom. The molecule has 1 rings (SSSR count). The van der Waals surface area contributed by atoms with E-state index in [1.54, 1.807) is 13.0 Å². The molecule has 1 amide bonds. The van der Waals surface area contributed by atoms with Crippen LogP contribution in [0.2, 0.25) is 0 Å². The Labute approximate surface area is 129 Å². The van der Waals surface area contributed by atoms with Crippen molar-refractivity contribution < 1.29 is 23.9 Å². The Bertz CT molecular complexity index is 568. The molecule has 1 aromatic carbocycles. The van der Waals surface area contributed by atoms with Gasteiger partial charge in [-0.2, -0.15) is 0 Å². The lowest BCUT2D eigenvalue weighted by molar-refractivity contribution is -0.134.